The van der Waals surface area contributed by atoms with Crippen LogP contribution in [0.15, 0.2) is 16.8 Å². The second-order valence-electron chi connectivity index (χ2n) is 4.22. The summed E-state index contributed by atoms with van der Waals surface area (Å²) in [7, 11) is 0. The lowest BCUT2D eigenvalue weighted by Gasteiger charge is -2.28. The van der Waals surface area contributed by atoms with Crippen molar-refractivity contribution < 1.29 is 0 Å². The molecule has 1 fully saturated rings. The van der Waals surface area contributed by atoms with Crippen molar-refractivity contribution in [2.45, 2.75) is 43.5 Å². The van der Waals surface area contributed by atoms with Crippen molar-refractivity contribution in [2.75, 3.05) is 6.26 Å². The van der Waals surface area contributed by atoms with Gasteiger partial charge >= 0.3 is 0 Å². The fourth-order valence-electron chi connectivity index (χ4n) is 2.16. The van der Waals surface area contributed by atoms with Crippen LogP contribution in [0.4, 0.5) is 0 Å². The molecule has 1 heterocycles. The van der Waals surface area contributed by atoms with Crippen LogP contribution >= 0.6 is 23.1 Å². The van der Waals surface area contributed by atoms with Crippen molar-refractivity contribution in [1.82, 2.24) is 5.32 Å². The predicted molar refractivity (Wildman–Crippen MR) is 70.7 cm³/mol. The number of nitrogens with one attached hydrogen (secondary N) is 1. The monoisotopic (exact) mass is 241 g/mol. The zero-order chi connectivity index (χ0) is 10.5. The summed E-state index contributed by atoms with van der Waals surface area (Å²) in [5.74, 6) is 0. The molecular weight excluding hydrogens is 222 g/mol. The lowest BCUT2D eigenvalue weighted by atomic mass is 9.95. The fourth-order valence-corrected chi connectivity index (χ4v) is 3.57. The highest BCUT2D eigenvalue weighted by Crippen LogP contribution is 2.26. The van der Waals surface area contributed by atoms with Gasteiger partial charge in [0.2, 0.25) is 0 Å². The van der Waals surface area contributed by atoms with Gasteiger partial charge < -0.3 is 5.32 Å². The standard InChI is InChI=1S/C12H19NS2/c1-14-12-4-2-11(3-5-12)13-8-10-6-7-15-9-10/h6-7,9,11-13H,2-5,8H2,1H3. The Kier molecular flexibility index (Phi) is 4.54. The molecule has 1 aromatic heterocycles. The van der Waals surface area contributed by atoms with E-state index in [-0.39, 0.29) is 0 Å². The molecule has 0 aliphatic heterocycles. The smallest absolute Gasteiger partial charge is 0.0216 e. The van der Waals surface area contributed by atoms with E-state index in [1.807, 2.05) is 11.8 Å². The molecule has 0 bridgehead atoms. The third-order valence-corrected chi connectivity index (χ3v) is 5.05. The van der Waals surface area contributed by atoms with Crippen LogP contribution in [-0.2, 0) is 6.54 Å². The van der Waals surface area contributed by atoms with Crippen molar-refractivity contribution in [3.63, 3.8) is 0 Å². The Balaban J connectivity index is 1.69. The second kappa shape index (κ2) is 5.92. The van der Waals surface area contributed by atoms with Crippen molar-refractivity contribution in [3.05, 3.63) is 22.4 Å². The molecule has 1 aliphatic carbocycles. The molecule has 1 N–H and O–H groups in total. The number of hydrogen-bond acceptors (Lipinski definition) is 3. The Morgan fingerprint density at radius 1 is 1.40 bits per heavy atom. The molecule has 3 heteroatoms. The van der Waals surface area contributed by atoms with Gasteiger partial charge in [0.05, 0.1) is 0 Å². The molecule has 15 heavy (non-hydrogen) atoms. The van der Waals surface area contributed by atoms with Gasteiger partial charge in [0.25, 0.3) is 0 Å². The van der Waals surface area contributed by atoms with E-state index in [0.29, 0.717) is 0 Å². The summed E-state index contributed by atoms with van der Waals surface area (Å²) in [5.41, 5.74) is 1.44. The lowest BCUT2D eigenvalue weighted by Crippen LogP contribution is -2.33. The van der Waals surface area contributed by atoms with Crippen molar-refractivity contribution in [2.24, 2.45) is 0 Å². The highest BCUT2D eigenvalue weighted by molar-refractivity contribution is 7.99. The van der Waals surface area contributed by atoms with Crippen LogP contribution in [0.2, 0.25) is 0 Å². The molecule has 1 nitrogen and oxygen atoms in total. The van der Waals surface area contributed by atoms with E-state index in [1.165, 1.54) is 31.2 Å². The van der Waals surface area contributed by atoms with E-state index in [4.69, 9.17) is 0 Å². The fraction of sp³-hybridized carbons (Fsp3) is 0.667. The quantitative estimate of drug-likeness (QED) is 0.866. The first kappa shape index (κ1) is 11.5. The maximum absolute atomic E-state index is 3.67. The summed E-state index contributed by atoms with van der Waals surface area (Å²) < 4.78 is 0. The Labute approximate surface area is 101 Å². The van der Waals surface area contributed by atoms with Gasteiger partial charge in [0.15, 0.2) is 0 Å². The third kappa shape index (κ3) is 3.51. The van der Waals surface area contributed by atoms with Crippen LogP contribution in [0.3, 0.4) is 0 Å². The number of thioether (sulfide) groups is 1. The van der Waals surface area contributed by atoms with Crippen molar-refractivity contribution >= 4 is 23.1 Å². The summed E-state index contributed by atoms with van der Waals surface area (Å²) in [6.07, 6.45) is 7.74. The van der Waals surface area contributed by atoms with Gasteiger partial charge in [-0.3, -0.25) is 0 Å². The van der Waals surface area contributed by atoms with E-state index in [2.05, 4.69) is 28.4 Å². The van der Waals surface area contributed by atoms with E-state index in [0.717, 1.165) is 17.8 Å². The highest BCUT2D eigenvalue weighted by atomic mass is 32.2. The summed E-state index contributed by atoms with van der Waals surface area (Å²) in [4.78, 5) is 0. The average Bonchev–Trinajstić information content (AvgIpc) is 2.80. The maximum Gasteiger partial charge on any atom is 0.0216 e. The molecule has 0 amide bonds. The van der Waals surface area contributed by atoms with Gasteiger partial charge in [0.1, 0.15) is 0 Å². The highest BCUT2D eigenvalue weighted by Gasteiger charge is 2.19. The molecule has 1 saturated carbocycles. The SMILES string of the molecule is CSC1CCC(NCc2ccsc2)CC1. The van der Waals surface area contributed by atoms with Gasteiger partial charge in [-0.05, 0) is 54.3 Å². The number of thiophene rings is 1. The Bertz CT molecular complexity index is 263. The van der Waals surface area contributed by atoms with E-state index >= 15 is 0 Å². The van der Waals surface area contributed by atoms with Crippen molar-refractivity contribution in [3.8, 4) is 0 Å². The first-order chi connectivity index (χ1) is 7.38. The zero-order valence-electron chi connectivity index (χ0n) is 9.24. The minimum atomic E-state index is 0.758. The Morgan fingerprint density at radius 3 is 2.80 bits per heavy atom. The van der Waals surface area contributed by atoms with Crippen LogP contribution in [0.1, 0.15) is 31.2 Å². The predicted octanol–water partition coefficient (Wildman–Crippen LogP) is 3.51. The first-order valence-corrected chi connectivity index (χ1v) is 7.89. The van der Waals surface area contributed by atoms with E-state index in [1.54, 1.807) is 11.3 Å². The lowest BCUT2D eigenvalue weighted by molar-refractivity contribution is 0.379. The van der Waals surface area contributed by atoms with Gasteiger partial charge in [0, 0.05) is 17.8 Å². The largest absolute Gasteiger partial charge is 0.310 e. The topological polar surface area (TPSA) is 12.0 Å². The summed E-state index contributed by atoms with van der Waals surface area (Å²) in [6.45, 7) is 1.05. The summed E-state index contributed by atoms with van der Waals surface area (Å²) in [6, 6.07) is 2.97. The zero-order valence-corrected chi connectivity index (χ0v) is 10.9. The van der Waals surface area contributed by atoms with Crippen LogP contribution in [-0.4, -0.2) is 17.5 Å². The summed E-state index contributed by atoms with van der Waals surface area (Å²) in [5, 5.41) is 8.98. The number of rotatable bonds is 4. The molecule has 0 radical (unpaired) electrons. The Morgan fingerprint density at radius 2 is 2.20 bits per heavy atom. The molecule has 1 aliphatic rings. The number of hydrogen-bond donors (Lipinski definition) is 1. The minimum Gasteiger partial charge on any atom is -0.310 e. The summed E-state index contributed by atoms with van der Waals surface area (Å²) >= 11 is 3.82. The molecule has 84 valence electrons. The van der Waals surface area contributed by atoms with E-state index < -0.39 is 0 Å². The molecular formula is C12H19NS2. The molecule has 0 spiro atoms. The third-order valence-electron chi connectivity index (χ3n) is 3.18. The normalized spacial score (nSPS) is 26.7. The van der Waals surface area contributed by atoms with Gasteiger partial charge in [-0.1, -0.05) is 0 Å². The molecule has 0 aromatic carbocycles. The molecule has 0 atom stereocenters. The molecule has 0 saturated heterocycles. The van der Waals surface area contributed by atoms with Crippen LogP contribution in [0.25, 0.3) is 0 Å². The Hall–Kier alpha value is 0.01000. The first-order valence-electron chi connectivity index (χ1n) is 5.65. The van der Waals surface area contributed by atoms with Gasteiger partial charge in [-0.2, -0.15) is 23.1 Å². The van der Waals surface area contributed by atoms with E-state index in [9.17, 15) is 0 Å². The maximum atomic E-state index is 3.67. The minimum absolute atomic E-state index is 0.758. The molecule has 1 aromatic rings. The average molecular weight is 241 g/mol. The van der Waals surface area contributed by atoms with Crippen molar-refractivity contribution in [1.29, 1.82) is 0 Å². The second-order valence-corrected chi connectivity index (χ2v) is 6.14. The van der Waals surface area contributed by atoms with Gasteiger partial charge in [-0.25, -0.2) is 0 Å². The van der Waals surface area contributed by atoms with Crippen LogP contribution in [0.5, 0.6) is 0 Å². The van der Waals surface area contributed by atoms with Crippen LogP contribution < -0.4 is 5.32 Å². The van der Waals surface area contributed by atoms with Gasteiger partial charge in [-0.15, -0.1) is 0 Å². The molecule has 2 rings (SSSR count). The molecule has 0 unspecified atom stereocenters. The van der Waals surface area contributed by atoms with Crippen LogP contribution in [0, 0.1) is 0 Å².